The van der Waals surface area contributed by atoms with Gasteiger partial charge in [-0.2, -0.15) is 0 Å². The van der Waals surface area contributed by atoms with Crippen molar-refractivity contribution in [3.05, 3.63) is 12.4 Å². The first kappa shape index (κ1) is 13.2. The van der Waals surface area contributed by atoms with Gasteiger partial charge in [0.1, 0.15) is 11.6 Å². The lowest BCUT2D eigenvalue weighted by Gasteiger charge is -2.23. The predicted molar refractivity (Wildman–Crippen MR) is 68.2 cm³/mol. The Morgan fingerprint density at radius 1 is 1.41 bits per heavy atom. The fraction of sp³-hybridized carbons (Fsp3) is 0.545. The minimum Gasteiger partial charge on any atom is -0.372 e. The van der Waals surface area contributed by atoms with Crippen LogP contribution in [0.1, 0.15) is 6.92 Å². The van der Waals surface area contributed by atoms with Crippen LogP contribution in [-0.2, 0) is 4.79 Å². The first-order valence-corrected chi connectivity index (χ1v) is 5.53. The molecule has 0 unspecified atom stereocenters. The zero-order chi connectivity index (χ0) is 12.8. The standard InChI is InChI=1S/C11H19N5O/c1-5-16(8-11(17)15(3)4)10-7-13-6-9(12-2)14-10/h6-7H,5,8H2,1-4H3,(H,12,14). The monoisotopic (exact) mass is 237 g/mol. The molecule has 0 aromatic carbocycles. The number of carbonyl (C=O) groups excluding carboxylic acids is 1. The summed E-state index contributed by atoms with van der Waals surface area (Å²) in [7, 11) is 5.27. The Labute approximate surface area is 102 Å². The van der Waals surface area contributed by atoms with Gasteiger partial charge in [0.25, 0.3) is 0 Å². The number of nitrogens with zero attached hydrogens (tertiary/aromatic N) is 4. The van der Waals surface area contributed by atoms with E-state index in [0.29, 0.717) is 24.7 Å². The van der Waals surface area contributed by atoms with Crippen LogP contribution in [0.3, 0.4) is 0 Å². The van der Waals surface area contributed by atoms with Gasteiger partial charge in [-0.25, -0.2) is 4.98 Å². The number of hydrogen-bond acceptors (Lipinski definition) is 5. The average molecular weight is 237 g/mol. The number of nitrogens with one attached hydrogen (secondary N) is 1. The molecular weight excluding hydrogens is 218 g/mol. The van der Waals surface area contributed by atoms with Gasteiger partial charge in [-0.05, 0) is 6.92 Å². The van der Waals surface area contributed by atoms with E-state index in [1.165, 1.54) is 0 Å². The summed E-state index contributed by atoms with van der Waals surface area (Å²) in [6, 6.07) is 0. The Bertz CT molecular complexity index is 380. The van der Waals surface area contributed by atoms with Crippen LogP contribution < -0.4 is 10.2 Å². The smallest absolute Gasteiger partial charge is 0.241 e. The van der Waals surface area contributed by atoms with Crippen molar-refractivity contribution in [1.29, 1.82) is 0 Å². The van der Waals surface area contributed by atoms with Crippen molar-refractivity contribution in [3.63, 3.8) is 0 Å². The van der Waals surface area contributed by atoms with Gasteiger partial charge < -0.3 is 15.1 Å². The number of rotatable bonds is 5. The average Bonchev–Trinajstić information content (AvgIpc) is 2.35. The van der Waals surface area contributed by atoms with Crippen LogP contribution >= 0.6 is 0 Å². The first-order valence-electron chi connectivity index (χ1n) is 5.53. The highest BCUT2D eigenvalue weighted by Crippen LogP contribution is 2.11. The molecule has 0 aliphatic rings. The highest BCUT2D eigenvalue weighted by atomic mass is 16.2. The van der Waals surface area contributed by atoms with Crippen LogP contribution in [0.15, 0.2) is 12.4 Å². The number of hydrogen-bond donors (Lipinski definition) is 1. The number of amides is 1. The van der Waals surface area contributed by atoms with E-state index in [1.54, 1.807) is 38.4 Å². The molecule has 0 atom stereocenters. The molecule has 0 saturated carbocycles. The maximum Gasteiger partial charge on any atom is 0.241 e. The zero-order valence-corrected chi connectivity index (χ0v) is 10.8. The van der Waals surface area contributed by atoms with Gasteiger partial charge in [-0.15, -0.1) is 0 Å². The summed E-state index contributed by atoms with van der Waals surface area (Å²) in [5.74, 6) is 1.44. The highest BCUT2D eigenvalue weighted by molar-refractivity contribution is 5.80. The Balaban J connectivity index is 2.82. The highest BCUT2D eigenvalue weighted by Gasteiger charge is 2.13. The molecule has 94 valence electrons. The van der Waals surface area contributed by atoms with E-state index in [0.717, 1.165) is 0 Å². The molecule has 0 fully saturated rings. The Kier molecular flexibility index (Phi) is 4.68. The van der Waals surface area contributed by atoms with E-state index in [1.807, 2.05) is 11.8 Å². The summed E-state index contributed by atoms with van der Waals surface area (Å²) in [5, 5.41) is 2.93. The second-order valence-corrected chi connectivity index (χ2v) is 3.81. The lowest BCUT2D eigenvalue weighted by molar-refractivity contribution is -0.127. The largest absolute Gasteiger partial charge is 0.372 e. The third kappa shape index (κ3) is 3.58. The summed E-state index contributed by atoms with van der Waals surface area (Å²) in [6.07, 6.45) is 3.30. The van der Waals surface area contributed by atoms with Crippen molar-refractivity contribution in [1.82, 2.24) is 14.9 Å². The fourth-order valence-electron chi connectivity index (χ4n) is 1.29. The second-order valence-electron chi connectivity index (χ2n) is 3.81. The Hall–Kier alpha value is -1.85. The predicted octanol–water partition coefficient (Wildman–Crippen LogP) is 0.433. The van der Waals surface area contributed by atoms with Gasteiger partial charge in [0.2, 0.25) is 5.91 Å². The summed E-state index contributed by atoms with van der Waals surface area (Å²) >= 11 is 0. The van der Waals surface area contributed by atoms with Crippen molar-refractivity contribution in [2.75, 3.05) is 44.4 Å². The SMILES string of the molecule is CCN(CC(=O)N(C)C)c1cncc(NC)n1. The second kappa shape index (κ2) is 6.03. The Morgan fingerprint density at radius 2 is 2.12 bits per heavy atom. The van der Waals surface area contributed by atoms with E-state index >= 15 is 0 Å². The summed E-state index contributed by atoms with van der Waals surface area (Å²) in [6.45, 7) is 3.00. The van der Waals surface area contributed by atoms with Crippen LogP contribution in [0, 0.1) is 0 Å². The summed E-state index contributed by atoms with van der Waals surface area (Å²) in [4.78, 5) is 23.6. The molecule has 1 rings (SSSR count). The topological polar surface area (TPSA) is 61.4 Å². The van der Waals surface area contributed by atoms with Crippen molar-refractivity contribution in [2.45, 2.75) is 6.92 Å². The molecule has 6 nitrogen and oxygen atoms in total. The molecule has 1 amide bonds. The molecule has 1 aromatic heterocycles. The number of anilines is 2. The zero-order valence-electron chi connectivity index (χ0n) is 10.8. The number of aromatic nitrogens is 2. The third-order valence-electron chi connectivity index (χ3n) is 2.41. The molecule has 0 aliphatic heterocycles. The number of carbonyl (C=O) groups is 1. The third-order valence-corrected chi connectivity index (χ3v) is 2.41. The molecule has 0 radical (unpaired) electrons. The Morgan fingerprint density at radius 3 is 2.65 bits per heavy atom. The fourth-order valence-corrected chi connectivity index (χ4v) is 1.29. The summed E-state index contributed by atoms with van der Waals surface area (Å²) in [5.41, 5.74) is 0. The van der Waals surface area contributed by atoms with Gasteiger partial charge in [0.05, 0.1) is 18.9 Å². The van der Waals surface area contributed by atoms with Crippen molar-refractivity contribution in [2.24, 2.45) is 0 Å². The lowest BCUT2D eigenvalue weighted by atomic mass is 10.4. The molecule has 1 N–H and O–H groups in total. The van der Waals surface area contributed by atoms with E-state index < -0.39 is 0 Å². The van der Waals surface area contributed by atoms with Crippen molar-refractivity contribution >= 4 is 17.5 Å². The van der Waals surface area contributed by atoms with E-state index in [2.05, 4.69) is 15.3 Å². The van der Waals surface area contributed by atoms with Gasteiger partial charge in [-0.1, -0.05) is 0 Å². The molecule has 17 heavy (non-hydrogen) atoms. The van der Waals surface area contributed by atoms with Gasteiger partial charge >= 0.3 is 0 Å². The molecule has 1 heterocycles. The van der Waals surface area contributed by atoms with E-state index in [9.17, 15) is 4.79 Å². The molecule has 0 aliphatic carbocycles. The minimum absolute atomic E-state index is 0.0449. The molecular formula is C11H19N5O. The van der Waals surface area contributed by atoms with Crippen LogP contribution in [0.25, 0.3) is 0 Å². The van der Waals surface area contributed by atoms with Gasteiger partial charge in [0, 0.05) is 27.7 Å². The van der Waals surface area contributed by atoms with Crippen molar-refractivity contribution < 1.29 is 4.79 Å². The molecule has 0 saturated heterocycles. The maximum atomic E-state index is 11.7. The molecule has 6 heteroatoms. The van der Waals surface area contributed by atoms with Crippen LogP contribution in [0.2, 0.25) is 0 Å². The minimum atomic E-state index is 0.0449. The molecule has 1 aromatic rings. The van der Waals surface area contributed by atoms with Crippen molar-refractivity contribution in [3.8, 4) is 0 Å². The first-order chi connectivity index (χ1) is 8.08. The lowest BCUT2D eigenvalue weighted by Crippen LogP contribution is -2.37. The van der Waals surface area contributed by atoms with Crippen LogP contribution in [0.4, 0.5) is 11.6 Å². The van der Waals surface area contributed by atoms with Crippen LogP contribution in [-0.4, -0.2) is 55.0 Å². The quantitative estimate of drug-likeness (QED) is 0.805. The van der Waals surface area contributed by atoms with Gasteiger partial charge in [-0.3, -0.25) is 9.78 Å². The van der Waals surface area contributed by atoms with Gasteiger partial charge in [0.15, 0.2) is 0 Å². The van der Waals surface area contributed by atoms with Crippen LogP contribution in [0.5, 0.6) is 0 Å². The van der Waals surface area contributed by atoms with E-state index in [-0.39, 0.29) is 5.91 Å². The van der Waals surface area contributed by atoms with E-state index in [4.69, 9.17) is 0 Å². The molecule has 0 spiro atoms. The maximum absolute atomic E-state index is 11.7. The number of likely N-dealkylation sites (N-methyl/N-ethyl adjacent to an activating group) is 2. The normalized spacial score (nSPS) is 9.88. The molecule has 0 bridgehead atoms. The summed E-state index contributed by atoms with van der Waals surface area (Å²) < 4.78 is 0.